The van der Waals surface area contributed by atoms with Crippen LogP contribution >= 0.6 is 0 Å². The van der Waals surface area contributed by atoms with Gasteiger partial charge in [-0.05, 0) is 30.7 Å². The molecule has 3 heterocycles. The molecule has 4 rings (SSSR count). The second-order valence-corrected chi connectivity index (χ2v) is 6.75. The lowest BCUT2D eigenvalue weighted by Gasteiger charge is -2.44. The van der Waals surface area contributed by atoms with Crippen LogP contribution in [0, 0.1) is 5.92 Å². The van der Waals surface area contributed by atoms with Crippen LogP contribution in [0.25, 0.3) is 5.65 Å². The molecule has 0 saturated heterocycles. The summed E-state index contributed by atoms with van der Waals surface area (Å²) in [7, 11) is 0. The number of nitrogens with one attached hydrogen (secondary N) is 1. The van der Waals surface area contributed by atoms with E-state index in [1.165, 1.54) is 0 Å². The number of pyridine rings is 1. The highest BCUT2D eigenvalue weighted by Crippen LogP contribution is 2.42. The van der Waals surface area contributed by atoms with Gasteiger partial charge < -0.3 is 14.6 Å². The Kier molecular flexibility index (Phi) is 3.71. The first-order valence-corrected chi connectivity index (χ1v) is 8.65. The Morgan fingerprint density at radius 3 is 2.72 bits per heavy atom. The molecule has 0 fully saturated rings. The highest BCUT2D eigenvalue weighted by molar-refractivity contribution is 5.94. The van der Waals surface area contributed by atoms with Crippen molar-refractivity contribution in [2.45, 2.75) is 32.9 Å². The van der Waals surface area contributed by atoms with E-state index in [1.54, 1.807) is 13.1 Å². The topological polar surface area (TPSA) is 49.6 Å². The maximum absolute atomic E-state index is 12.2. The van der Waals surface area contributed by atoms with Gasteiger partial charge in [0.25, 0.3) is 0 Å². The predicted molar refractivity (Wildman–Crippen MR) is 99.8 cm³/mol. The quantitative estimate of drug-likeness (QED) is 0.774. The molecule has 0 saturated carbocycles. The van der Waals surface area contributed by atoms with E-state index in [2.05, 4.69) is 36.3 Å². The van der Waals surface area contributed by atoms with Gasteiger partial charge in [-0.25, -0.2) is 4.98 Å². The van der Waals surface area contributed by atoms with E-state index in [-0.39, 0.29) is 23.9 Å². The van der Waals surface area contributed by atoms with Crippen molar-refractivity contribution in [2.75, 3.05) is 10.2 Å². The highest BCUT2D eigenvalue weighted by atomic mass is 16.2. The first kappa shape index (κ1) is 15.7. The van der Waals surface area contributed by atoms with Crippen molar-refractivity contribution in [1.29, 1.82) is 0 Å². The third-order valence-corrected chi connectivity index (χ3v) is 5.29. The van der Waals surface area contributed by atoms with Crippen LogP contribution in [0.15, 0.2) is 55.0 Å². The number of fused-ring (bicyclic) bond motifs is 2. The summed E-state index contributed by atoms with van der Waals surface area (Å²) in [5, 5.41) is 3.68. The fourth-order valence-electron chi connectivity index (χ4n) is 3.88. The Balaban J connectivity index is 1.80. The Labute approximate surface area is 147 Å². The molecule has 1 aliphatic heterocycles. The molecular weight excluding hydrogens is 312 g/mol. The van der Waals surface area contributed by atoms with Gasteiger partial charge in [0, 0.05) is 43.2 Å². The molecule has 0 radical (unpaired) electrons. The number of benzene rings is 1. The van der Waals surface area contributed by atoms with Crippen LogP contribution in [0.3, 0.4) is 0 Å². The summed E-state index contributed by atoms with van der Waals surface area (Å²) in [5.74, 6) is 0.342. The predicted octanol–water partition coefficient (Wildman–Crippen LogP) is 3.88. The van der Waals surface area contributed by atoms with Crippen LogP contribution in [0.4, 0.5) is 11.4 Å². The van der Waals surface area contributed by atoms with Gasteiger partial charge in [-0.1, -0.05) is 25.1 Å². The number of hydrogen-bond acceptors (Lipinski definition) is 3. The minimum atomic E-state index is 0.0839. The molecule has 1 amide bonds. The zero-order chi connectivity index (χ0) is 17.6. The number of carbonyl (C=O) groups excluding carboxylic acids is 1. The fourth-order valence-corrected chi connectivity index (χ4v) is 3.88. The number of aromatic nitrogens is 2. The zero-order valence-corrected chi connectivity index (χ0v) is 14.7. The zero-order valence-electron chi connectivity index (χ0n) is 14.7. The van der Waals surface area contributed by atoms with Crippen LogP contribution in [0.2, 0.25) is 0 Å². The first-order valence-electron chi connectivity index (χ1n) is 8.65. The molecule has 25 heavy (non-hydrogen) atoms. The highest BCUT2D eigenvalue weighted by Gasteiger charge is 2.38. The van der Waals surface area contributed by atoms with Gasteiger partial charge in [0.15, 0.2) is 5.65 Å². The van der Waals surface area contributed by atoms with Gasteiger partial charge >= 0.3 is 0 Å². The third-order valence-electron chi connectivity index (χ3n) is 5.29. The van der Waals surface area contributed by atoms with Crippen molar-refractivity contribution >= 4 is 22.9 Å². The molecule has 3 aromatic rings. The number of carbonyl (C=O) groups is 1. The normalized spacial score (nSPS) is 22.7. The van der Waals surface area contributed by atoms with Crippen LogP contribution in [0.5, 0.6) is 0 Å². The fraction of sp³-hybridized carbons (Fsp3) is 0.300. The molecule has 128 valence electrons. The van der Waals surface area contributed by atoms with Gasteiger partial charge in [-0.3, -0.25) is 4.79 Å². The van der Waals surface area contributed by atoms with Crippen LogP contribution in [-0.4, -0.2) is 21.3 Å². The van der Waals surface area contributed by atoms with Crippen molar-refractivity contribution in [1.82, 2.24) is 9.38 Å². The maximum Gasteiger partial charge on any atom is 0.224 e. The summed E-state index contributed by atoms with van der Waals surface area (Å²) in [6.07, 6.45) is 5.74. The smallest absolute Gasteiger partial charge is 0.224 e. The summed E-state index contributed by atoms with van der Waals surface area (Å²) in [4.78, 5) is 18.6. The first-order chi connectivity index (χ1) is 12.1. The third kappa shape index (κ3) is 2.47. The number of imidazole rings is 1. The number of rotatable bonds is 2. The van der Waals surface area contributed by atoms with Crippen LogP contribution < -0.4 is 10.2 Å². The molecule has 1 N–H and O–H groups in total. The molecule has 1 unspecified atom stereocenters. The number of hydrogen-bond donors (Lipinski definition) is 1. The van der Waals surface area contributed by atoms with E-state index in [0.717, 1.165) is 22.6 Å². The lowest BCUT2D eigenvalue weighted by atomic mass is 9.82. The Morgan fingerprint density at radius 2 is 1.92 bits per heavy atom. The van der Waals surface area contributed by atoms with Gasteiger partial charge in [0.2, 0.25) is 5.91 Å². The molecular formula is C20H22N4O. The van der Waals surface area contributed by atoms with E-state index >= 15 is 0 Å². The number of para-hydroxylation sites is 1. The molecule has 5 nitrogen and oxygen atoms in total. The average molecular weight is 334 g/mol. The lowest BCUT2D eigenvalue weighted by Crippen LogP contribution is -2.48. The van der Waals surface area contributed by atoms with Crippen molar-refractivity contribution in [3.63, 3.8) is 0 Å². The SMILES string of the molecule is CC(=O)N1c2ccccc2C(Nc2cccn3ccnc23)[C@@H](C)[C@@H]1C. The average Bonchev–Trinajstić information content (AvgIpc) is 3.08. The van der Waals surface area contributed by atoms with E-state index in [4.69, 9.17) is 0 Å². The van der Waals surface area contributed by atoms with Crippen molar-refractivity contribution in [3.8, 4) is 0 Å². The van der Waals surface area contributed by atoms with Gasteiger partial charge in [-0.2, -0.15) is 0 Å². The Morgan fingerprint density at radius 1 is 1.12 bits per heavy atom. The van der Waals surface area contributed by atoms with Gasteiger partial charge in [0.1, 0.15) is 0 Å². The number of nitrogens with zero attached hydrogens (tertiary/aromatic N) is 3. The molecule has 0 bridgehead atoms. The van der Waals surface area contributed by atoms with Gasteiger partial charge in [0.05, 0.1) is 11.7 Å². The van der Waals surface area contributed by atoms with Gasteiger partial charge in [-0.15, -0.1) is 0 Å². The second kappa shape index (κ2) is 5.92. The molecule has 5 heteroatoms. The maximum atomic E-state index is 12.2. The van der Waals surface area contributed by atoms with E-state index in [9.17, 15) is 4.79 Å². The molecule has 1 aliphatic rings. The Bertz CT molecular complexity index is 932. The van der Waals surface area contributed by atoms with Crippen molar-refractivity contribution < 1.29 is 4.79 Å². The van der Waals surface area contributed by atoms with Crippen LogP contribution in [0.1, 0.15) is 32.4 Å². The monoisotopic (exact) mass is 334 g/mol. The largest absolute Gasteiger partial charge is 0.375 e. The summed E-state index contributed by atoms with van der Waals surface area (Å²) in [6, 6.07) is 12.5. The standard InChI is InChI=1S/C20H22N4O/c1-13-14(2)24(15(3)25)18-9-5-4-7-16(18)19(13)22-17-8-6-11-23-12-10-21-20(17)23/h4-14,19,22H,1-3H3/t13-,14-,19?/m0/s1. The van der Waals surface area contributed by atoms with E-state index < -0.39 is 0 Å². The minimum absolute atomic E-state index is 0.0839. The second-order valence-electron chi connectivity index (χ2n) is 6.75. The molecule has 0 aliphatic carbocycles. The van der Waals surface area contributed by atoms with E-state index in [0.29, 0.717) is 0 Å². The summed E-state index contributed by atoms with van der Waals surface area (Å²) in [5.41, 5.74) is 4.06. The lowest BCUT2D eigenvalue weighted by molar-refractivity contribution is -0.117. The van der Waals surface area contributed by atoms with Crippen molar-refractivity contribution in [2.24, 2.45) is 5.92 Å². The molecule has 2 aromatic heterocycles. The molecule has 3 atom stereocenters. The summed E-state index contributed by atoms with van der Waals surface area (Å²) in [6.45, 7) is 5.95. The van der Waals surface area contributed by atoms with Crippen molar-refractivity contribution in [3.05, 3.63) is 60.6 Å². The van der Waals surface area contributed by atoms with E-state index in [1.807, 2.05) is 46.0 Å². The summed E-state index contributed by atoms with van der Waals surface area (Å²) >= 11 is 0. The summed E-state index contributed by atoms with van der Waals surface area (Å²) < 4.78 is 2.01. The Hall–Kier alpha value is -2.82. The number of amides is 1. The van der Waals surface area contributed by atoms with Crippen LogP contribution in [-0.2, 0) is 4.79 Å². The minimum Gasteiger partial charge on any atom is -0.375 e. The molecule has 1 aromatic carbocycles. The molecule has 0 spiro atoms. The number of anilines is 2.